The maximum atomic E-state index is 12.6. The van der Waals surface area contributed by atoms with Gasteiger partial charge < -0.3 is 25.4 Å². The van der Waals surface area contributed by atoms with E-state index in [1.165, 1.54) is 12.1 Å². The molecule has 0 saturated carbocycles. The van der Waals surface area contributed by atoms with E-state index >= 15 is 0 Å². The van der Waals surface area contributed by atoms with Crippen LogP contribution in [-0.2, 0) is 15.7 Å². The SMILES string of the molecule is CCNC(=NCCCOCC1CCOC1)NCCNC(=O)c1ccc(C(F)(F)F)cc1.I. The van der Waals surface area contributed by atoms with Gasteiger partial charge in [0.2, 0.25) is 0 Å². The molecule has 1 aromatic carbocycles. The van der Waals surface area contributed by atoms with Gasteiger partial charge in [-0.1, -0.05) is 0 Å². The Labute approximate surface area is 203 Å². The minimum absolute atomic E-state index is 0. The Hall–Kier alpha value is -1.60. The van der Waals surface area contributed by atoms with Crippen LogP contribution in [0, 0.1) is 5.92 Å². The summed E-state index contributed by atoms with van der Waals surface area (Å²) in [5.41, 5.74) is -0.604. The molecule has 3 N–H and O–H groups in total. The average molecular weight is 572 g/mol. The van der Waals surface area contributed by atoms with Crippen LogP contribution in [0.1, 0.15) is 35.7 Å². The van der Waals surface area contributed by atoms with Crippen LogP contribution < -0.4 is 16.0 Å². The van der Waals surface area contributed by atoms with Gasteiger partial charge in [-0.05, 0) is 44.0 Å². The highest BCUT2D eigenvalue weighted by Crippen LogP contribution is 2.29. The monoisotopic (exact) mass is 572 g/mol. The molecule has 2 rings (SSSR count). The summed E-state index contributed by atoms with van der Waals surface area (Å²) < 4.78 is 48.7. The van der Waals surface area contributed by atoms with Crippen LogP contribution in [0.3, 0.4) is 0 Å². The Morgan fingerprint density at radius 3 is 2.53 bits per heavy atom. The van der Waals surface area contributed by atoms with Crippen LogP contribution in [0.2, 0.25) is 0 Å². The molecular formula is C21H32F3IN4O3. The molecule has 0 aliphatic carbocycles. The Balaban J connectivity index is 0.00000512. The summed E-state index contributed by atoms with van der Waals surface area (Å²) in [7, 11) is 0. The lowest BCUT2D eigenvalue weighted by atomic mass is 10.1. The Morgan fingerprint density at radius 2 is 1.91 bits per heavy atom. The van der Waals surface area contributed by atoms with Gasteiger partial charge >= 0.3 is 6.18 Å². The van der Waals surface area contributed by atoms with Crippen molar-refractivity contribution in [2.75, 3.05) is 52.6 Å². The molecule has 11 heteroatoms. The van der Waals surface area contributed by atoms with Crippen molar-refractivity contribution >= 4 is 35.8 Å². The van der Waals surface area contributed by atoms with E-state index in [1.54, 1.807) is 0 Å². The average Bonchev–Trinajstić information content (AvgIpc) is 3.26. The minimum atomic E-state index is -4.42. The lowest BCUT2D eigenvalue weighted by Crippen LogP contribution is -2.41. The van der Waals surface area contributed by atoms with Crippen molar-refractivity contribution < 1.29 is 27.4 Å². The van der Waals surface area contributed by atoms with Crippen molar-refractivity contribution in [3.63, 3.8) is 0 Å². The maximum Gasteiger partial charge on any atom is 0.416 e. The van der Waals surface area contributed by atoms with Crippen LogP contribution in [0.15, 0.2) is 29.3 Å². The van der Waals surface area contributed by atoms with Crippen LogP contribution in [0.25, 0.3) is 0 Å². The molecule has 0 bridgehead atoms. The van der Waals surface area contributed by atoms with Crippen molar-refractivity contribution in [2.45, 2.75) is 25.9 Å². The number of halogens is 4. The van der Waals surface area contributed by atoms with Crippen LogP contribution in [0.5, 0.6) is 0 Å². The van der Waals surface area contributed by atoms with Crippen molar-refractivity contribution in [3.8, 4) is 0 Å². The molecule has 0 spiro atoms. The first-order valence-electron chi connectivity index (χ1n) is 10.5. The number of carbonyl (C=O) groups excluding carboxylic acids is 1. The molecule has 1 atom stereocenters. The number of nitrogens with one attached hydrogen (secondary N) is 3. The third-order valence-electron chi connectivity index (χ3n) is 4.62. The van der Waals surface area contributed by atoms with Gasteiger partial charge in [0.1, 0.15) is 0 Å². The summed E-state index contributed by atoms with van der Waals surface area (Å²) in [5.74, 6) is 0.707. The number of alkyl halides is 3. The molecule has 182 valence electrons. The van der Waals surface area contributed by atoms with E-state index in [1.807, 2.05) is 6.92 Å². The standard InChI is InChI=1S/C21H31F3N4O3.HI/c1-2-25-20(27-9-3-12-30-14-16-8-13-31-15-16)28-11-10-26-19(29)17-4-6-18(7-5-17)21(22,23)24;/h4-7,16H,2-3,8-15H2,1H3,(H,26,29)(H2,25,27,28);1H. The number of carbonyl (C=O) groups is 1. The quantitative estimate of drug-likeness (QED) is 0.164. The fourth-order valence-corrected chi connectivity index (χ4v) is 2.93. The lowest BCUT2D eigenvalue weighted by Gasteiger charge is -2.12. The highest BCUT2D eigenvalue weighted by molar-refractivity contribution is 14.0. The van der Waals surface area contributed by atoms with E-state index in [0.29, 0.717) is 44.7 Å². The Kier molecular flexibility index (Phi) is 13.6. The highest BCUT2D eigenvalue weighted by atomic mass is 127. The number of ether oxygens (including phenoxy) is 2. The zero-order chi connectivity index (χ0) is 22.5. The number of rotatable bonds is 11. The molecule has 1 fully saturated rings. The van der Waals surface area contributed by atoms with Gasteiger partial charge in [0, 0.05) is 50.9 Å². The van der Waals surface area contributed by atoms with E-state index in [4.69, 9.17) is 9.47 Å². The van der Waals surface area contributed by atoms with Crippen LogP contribution >= 0.6 is 24.0 Å². The molecule has 0 radical (unpaired) electrons. The molecule has 1 aliphatic rings. The van der Waals surface area contributed by atoms with Gasteiger partial charge in [0.15, 0.2) is 5.96 Å². The molecular weight excluding hydrogens is 540 g/mol. The van der Waals surface area contributed by atoms with Gasteiger partial charge in [-0.15, -0.1) is 24.0 Å². The number of benzene rings is 1. The Bertz CT molecular complexity index is 697. The van der Waals surface area contributed by atoms with Crippen LogP contribution in [0.4, 0.5) is 13.2 Å². The van der Waals surface area contributed by atoms with E-state index in [2.05, 4.69) is 20.9 Å². The number of nitrogens with zero attached hydrogens (tertiary/aromatic N) is 1. The van der Waals surface area contributed by atoms with Crippen molar-refractivity contribution in [1.29, 1.82) is 0 Å². The van der Waals surface area contributed by atoms with Crippen molar-refractivity contribution in [2.24, 2.45) is 10.9 Å². The first kappa shape index (κ1) is 28.4. The second-order valence-corrected chi connectivity index (χ2v) is 7.18. The summed E-state index contributed by atoms with van der Waals surface area (Å²) in [6, 6.07) is 4.13. The number of guanidine groups is 1. The zero-order valence-electron chi connectivity index (χ0n) is 18.2. The predicted octanol–water partition coefficient (Wildman–Crippen LogP) is 3.05. The van der Waals surface area contributed by atoms with Gasteiger partial charge in [0.05, 0.1) is 18.8 Å². The summed E-state index contributed by atoms with van der Waals surface area (Å²) >= 11 is 0. The number of aliphatic imine (C=N–C) groups is 1. The molecule has 0 aromatic heterocycles. The minimum Gasteiger partial charge on any atom is -0.381 e. The maximum absolute atomic E-state index is 12.6. The van der Waals surface area contributed by atoms with Gasteiger partial charge in [0.25, 0.3) is 5.91 Å². The fraction of sp³-hybridized carbons (Fsp3) is 0.619. The second kappa shape index (κ2) is 15.3. The van der Waals surface area contributed by atoms with Crippen molar-refractivity contribution in [3.05, 3.63) is 35.4 Å². The fourth-order valence-electron chi connectivity index (χ4n) is 2.93. The van der Waals surface area contributed by atoms with Crippen molar-refractivity contribution in [1.82, 2.24) is 16.0 Å². The van der Waals surface area contributed by atoms with Crippen LogP contribution in [-0.4, -0.2) is 64.5 Å². The predicted molar refractivity (Wildman–Crippen MR) is 128 cm³/mol. The van der Waals surface area contributed by atoms with Gasteiger partial charge in [-0.25, -0.2) is 0 Å². The summed E-state index contributed by atoms with van der Waals surface area (Å²) in [6.45, 7) is 6.95. The third kappa shape index (κ3) is 10.8. The lowest BCUT2D eigenvalue weighted by molar-refractivity contribution is -0.137. The molecule has 1 unspecified atom stereocenters. The third-order valence-corrected chi connectivity index (χ3v) is 4.62. The summed E-state index contributed by atoms with van der Waals surface area (Å²) in [4.78, 5) is 16.5. The molecule has 32 heavy (non-hydrogen) atoms. The normalized spacial score (nSPS) is 16.4. The van der Waals surface area contributed by atoms with E-state index in [-0.39, 0.29) is 29.5 Å². The molecule has 1 heterocycles. The summed E-state index contributed by atoms with van der Waals surface area (Å²) in [6.07, 6.45) is -2.56. The molecule has 1 saturated heterocycles. The first-order valence-corrected chi connectivity index (χ1v) is 10.5. The molecule has 1 aromatic rings. The van der Waals surface area contributed by atoms with Gasteiger partial charge in [-0.2, -0.15) is 13.2 Å². The van der Waals surface area contributed by atoms with Gasteiger partial charge in [-0.3, -0.25) is 9.79 Å². The van der Waals surface area contributed by atoms with E-state index in [0.717, 1.165) is 44.8 Å². The molecule has 1 aliphatic heterocycles. The second-order valence-electron chi connectivity index (χ2n) is 7.18. The largest absolute Gasteiger partial charge is 0.416 e. The smallest absolute Gasteiger partial charge is 0.381 e. The number of amides is 1. The Morgan fingerprint density at radius 1 is 1.19 bits per heavy atom. The first-order chi connectivity index (χ1) is 14.9. The highest BCUT2D eigenvalue weighted by Gasteiger charge is 2.30. The molecule has 7 nitrogen and oxygen atoms in total. The zero-order valence-corrected chi connectivity index (χ0v) is 20.5. The number of hydrogen-bond acceptors (Lipinski definition) is 4. The molecule has 1 amide bonds. The summed E-state index contributed by atoms with van der Waals surface area (Å²) in [5, 5.41) is 8.90. The topological polar surface area (TPSA) is 84.0 Å². The number of hydrogen-bond donors (Lipinski definition) is 3. The van der Waals surface area contributed by atoms with E-state index in [9.17, 15) is 18.0 Å². The van der Waals surface area contributed by atoms with E-state index < -0.39 is 17.6 Å².